The maximum absolute atomic E-state index is 13.8. The van der Waals surface area contributed by atoms with Gasteiger partial charge in [0.2, 0.25) is 0 Å². The number of hydrogen-bond acceptors (Lipinski definition) is 3. The fraction of sp³-hybridized carbons (Fsp3) is 0.350. The van der Waals surface area contributed by atoms with Crippen LogP contribution in [0, 0.1) is 11.6 Å². The zero-order valence-corrected chi connectivity index (χ0v) is 18.8. The number of nitrogens with one attached hydrogen (secondary N) is 2. The van der Waals surface area contributed by atoms with Crippen LogP contribution in [0.4, 0.5) is 8.78 Å². The van der Waals surface area contributed by atoms with Crippen molar-refractivity contribution in [3.63, 3.8) is 0 Å². The minimum absolute atomic E-state index is 0. The first-order chi connectivity index (χ1) is 13.0. The number of rotatable bonds is 7. The number of para-hydroxylation sites is 1. The summed E-state index contributed by atoms with van der Waals surface area (Å²) < 4.78 is 32.5. The lowest BCUT2D eigenvalue weighted by molar-refractivity contribution is 0.287. The van der Waals surface area contributed by atoms with Crippen LogP contribution in [0.15, 0.2) is 47.5 Å². The monoisotopic (exact) mass is 504 g/mol. The lowest BCUT2D eigenvalue weighted by atomic mass is 10.0. The number of methoxy groups -OCH3 is 1. The summed E-state index contributed by atoms with van der Waals surface area (Å²) in [5, 5.41) is 6.24. The number of nitrogens with zero attached hydrogens (tertiary/aromatic N) is 2. The summed E-state index contributed by atoms with van der Waals surface area (Å²) in [6.45, 7) is 0.684. The second kappa shape index (κ2) is 11.8. The topological polar surface area (TPSA) is 48.9 Å². The first-order valence-corrected chi connectivity index (χ1v) is 8.64. The normalized spacial score (nSPS) is 12.3. The smallest absolute Gasteiger partial charge is 0.191 e. The molecule has 2 aromatic carbocycles. The van der Waals surface area contributed by atoms with Crippen LogP contribution in [0.3, 0.4) is 0 Å². The zero-order valence-electron chi connectivity index (χ0n) is 16.5. The summed E-state index contributed by atoms with van der Waals surface area (Å²) in [6, 6.07) is 11.3. The van der Waals surface area contributed by atoms with Gasteiger partial charge in [0.25, 0.3) is 0 Å². The van der Waals surface area contributed by atoms with Gasteiger partial charge in [-0.25, -0.2) is 8.78 Å². The van der Waals surface area contributed by atoms with E-state index >= 15 is 0 Å². The Morgan fingerprint density at radius 3 is 2.50 bits per heavy atom. The van der Waals surface area contributed by atoms with Gasteiger partial charge in [0.1, 0.15) is 17.4 Å². The van der Waals surface area contributed by atoms with Crippen molar-refractivity contribution in [2.24, 2.45) is 4.99 Å². The quantitative estimate of drug-likeness (QED) is 0.344. The Hall–Kier alpha value is -1.94. The first-order valence-electron chi connectivity index (χ1n) is 8.64. The molecular weight excluding hydrogens is 477 g/mol. The van der Waals surface area contributed by atoms with E-state index in [0.717, 1.165) is 23.4 Å². The molecule has 0 aliphatic heterocycles. The summed E-state index contributed by atoms with van der Waals surface area (Å²) in [7, 11) is 7.24. The van der Waals surface area contributed by atoms with E-state index < -0.39 is 11.6 Å². The minimum atomic E-state index is -0.472. The average Bonchev–Trinajstić information content (AvgIpc) is 2.66. The van der Waals surface area contributed by atoms with Crippen molar-refractivity contribution in [2.45, 2.75) is 12.6 Å². The van der Waals surface area contributed by atoms with Gasteiger partial charge in [-0.2, -0.15) is 0 Å². The molecule has 0 spiro atoms. The Morgan fingerprint density at radius 1 is 1.14 bits per heavy atom. The van der Waals surface area contributed by atoms with Crippen LogP contribution < -0.4 is 15.4 Å². The maximum atomic E-state index is 13.8. The Bertz CT molecular complexity index is 787. The summed E-state index contributed by atoms with van der Waals surface area (Å²) in [5.41, 5.74) is 1.29. The highest BCUT2D eigenvalue weighted by Gasteiger charge is 2.18. The molecule has 0 aliphatic rings. The summed E-state index contributed by atoms with van der Waals surface area (Å²) in [6.07, 6.45) is 0. The molecule has 1 unspecified atom stereocenters. The van der Waals surface area contributed by atoms with E-state index in [1.165, 1.54) is 6.07 Å². The highest BCUT2D eigenvalue weighted by molar-refractivity contribution is 14.0. The third-order valence-corrected chi connectivity index (χ3v) is 4.26. The van der Waals surface area contributed by atoms with E-state index in [0.29, 0.717) is 12.5 Å². The SMILES string of the molecule is CN=C(NCc1cc(F)ccc1F)NCC(c1ccccc1OC)N(C)C.I. The first kappa shape index (κ1) is 24.1. The lowest BCUT2D eigenvalue weighted by Gasteiger charge is -2.27. The summed E-state index contributed by atoms with van der Waals surface area (Å²) in [5.74, 6) is 0.378. The van der Waals surface area contributed by atoms with Crippen molar-refractivity contribution in [2.75, 3.05) is 34.8 Å². The van der Waals surface area contributed by atoms with Crippen LogP contribution in [-0.4, -0.2) is 45.7 Å². The molecule has 1 atom stereocenters. The van der Waals surface area contributed by atoms with Crippen LogP contribution in [0.1, 0.15) is 17.2 Å². The molecule has 0 saturated carbocycles. The zero-order chi connectivity index (χ0) is 19.8. The van der Waals surface area contributed by atoms with E-state index in [2.05, 4.69) is 20.5 Å². The predicted molar refractivity (Wildman–Crippen MR) is 119 cm³/mol. The Balaban J connectivity index is 0.00000392. The van der Waals surface area contributed by atoms with Gasteiger partial charge in [-0.3, -0.25) is 4.99 Å². The molecule has 5 nitrogen and oxygen atoms in total. The van der Waals surface area contributed by atoms with Crippen molar-refractivity contribution in [3.05, 3.63) is 65.2 Å². The van der Waals surface area contributed by atoms with E-state index in [-0.39, 0.29) is 42.1 Å². The largest absolute Gasteiger partial charge is 0.496 e. The van der Waals surface area contributed by atoms with Gasteiger partial charge in [-0.15, -0.1) is 24.0 Å². The predicted octanol–water partition coefficient (Wildman–Crippen LogP) is 3.56. The van der Waals surface area contributed by atoms with Crippen molar-refractivity contribution in [1.29, 1.82) is 0 Å². The molecule has 154 valence electrons. The average molecular weight is 504 g/mol. The number of guanidine groups is 1. The highest BCUT2D eigenvalue weighted by atomic mass is 127. The second-order valence-corrected chi connectivity index (χ2v) is 6.26. The molecule has 0 bridgehead atoms. The van der Waals surface area contributed by atoms with E-state index in [1.54, 1.807) is 14.2 Å². The maximum Gasteiger partial charge on any atom is 0.191 e. The van der Waals surface area contributed by atoms with Gasteiger partial charge in [-0.1, -0.05) is 18.2 Å². The fourth-order valence-corrected chi connectivity index (χ4v) is 2.78. The number of ether oxygens (including phenoxy) is 1. The van der Waals surface area contributed by atoms with Gasteiger partial charge in [0.05, 0.1) is 13.2 Å². The van der Waals surface area contributed by atoms with Gasteiger partial charge >= 0.3 is 0 Å². The Kier molecular flexibility index (Phi) is 10.2. The molecule has 0 amide bonds. The van der Waals surface area contributed by atoms with Crippen LogP contribution >= 0.6 is 24.0 Å². The molecule has 0 aliphatic carbocycles. The standard InChI is InChI=1S/C20H26F2N4O.HI/c1-23-20(24-12-14-11-15(21)9-10-17(14)22)25-13-18(26(2)3)16-7-5-6-8-19(16)27-4;/h5-11,18H,12-13H2,1-4H3,(H2,23,24,25);1H. The van der Waals surface area contributed by atoms with Crippen LogP contribution in [-0.2, 0) is 6.54 Å². The van der Waals surface area contributed by atoms with Gasteiger partial charge in [0, 0.05) is 31.3 Å². The minimum Gasteiger partial charge on any atom is -0.496 e. The lowest BCUT2D eigenvalue weighted by Crippen LogP contribution is -2.41. The Labute approximate surface area is 182 Å². The molecule has 0 radical (unpaired) electrons. The van der Waals surface area contributed by atoms with Gasteiger partial charge in [0.15, 0.2) is 5.96 Å². The van der Waals surface area contributed by atoms with Crippen molar-refractivity contribution < 1.29 is 13.5 Å². The molecule has 0 aromatic heterocycles. The fourth-order valence-electron chi connectivity index (χ4n) is 2.78. The number of hydrogen-bond donors (Lipinski definition) is 2. The highest BCUT2D eigenvalue weighted by Crippen LogP contribution is 2.27. The van der Waals surface area contributed by atoms with Gasteiger partial charge in [-0.05, 0) is 38.4 Å². The molecular formula is C20H27F2IN4O. The van der Waals surface area contributed by atoms with E-state index in [4.69, 9.17) is 4.74 Å². The molecule has 2 rings (SSSR count). The number of likely N-dealkylation sites (N-methyl/N-ethyl adjacent to an activating group) is 1. The van der Waals surface area contributed by atoms with E-state index in [1.807, 2.05) is 38.4 Å². The van der Waals surface area contributed by atoms with Crippen molar-refractivity contribution in [1.82, 2.24) is 15.5 Å². The molecule has 2 N–H and O–H groups in total. The van der Waals surface area contributed by atoms with Crippen molar-refractivity contribution >= 4 is 29.9 Å². The van der Waals surface area contributed by atoms with Gasteiger partial charge < -0.3 is 20.3 Å². The van der Waals surface area contributed by atoms with E-state index in [9.17, 15) is 8.78 Å². The summed E-state index contributed by atoms with van der Waals surface area (Å²) >= 11 is 0. The number of benzene rings is 2. The molecule has 0 heterocycles. The van der Waals surface area contributed by atoms with Crippen LogP contribution in [0.2, 0.25) is 0 Å². The molecule has 0 saturated heterocycles. The number of aliphatic imine (C=N–C) groups is 1. The Morgan fingerprint density at radius 2 is 1.86 bits per heavy atom. The molecule has 0 fully saturated rings. The van der Waals surface area contributed by atoms with Crippen LogP contribution in [0.25, 0.3) is 0 Å². The molecule has 8 heteroatoms. The summed E-state index contributed by atoms with van der Waals surface area (Å²) in [4.78, 5) is 6.22. The van der Waals surface area contributed by atoms with Crippen molar-refractivity contribution in [3.8, 4) is 5.75 Å². The third-order valence-electron chi connectivity index (χ3n) is 4.26. The second-order valence-electron chi connectivity index (χ2n) is 6.26. The molecule has 2 aromatic rings. The molecule has 28 heavy (non-hydrogen) atoms. The number of halogens is 3. The van der Waals surface area contributed by atoms with Crippen LogP contribution in [0.5, 0.6) is 5.75 Å². The third kappa shape index (κ3) is 6.59.